The first-order valence-electron chi connectivity index (χ1n) is 9.53. The van der Waals surface area contributed by atoms with Crippen molar-refractivity contribution in [1.82, 2.24) is 15.1 Å². The Morgan fingerprint density at radius 3 is 2.64 bits per heavy atom. The average Bonchev–Trinajstić information content (AvgIpc) is 3.25. The van der Waals surface area contributed by atoms with Gasteiger partial charge in [-0.3, -0.25) is 5.10 Å². The quantitative estimate of drug-likeness (QED) is 0.704. The molecule has 3 aromatic rings. The fourth-order valence-corrected chi connectivity index (χ4v) is 3.59. The Balaban J connectivity index is 1.36. The standard InChI is InChI=1S/C22H24N4O2/c1-28-19-9-5-6-17(14-19)21-15-20(24-25-21)16-10-12-26(13-11-16)22(27)23-18-7-3-2-4-8-18/h2-9,14-16H,10-13H2,1H3,(H,23,27)(H,24,25). The molecule has 0 radical (unpaired) electrons. The van der Waals surface area contributed by atoms with Gasteiger partial charge in [-0.05, 0) is 43.2 Å². The number of nitrogens with zero attached hydrogens (tertiary/aromatic N) is 2. The first-order chi connectivity index (χ1) is 13.7. The fraction of sp³-hybridized carbons (Fsp3) is 0.273. The van der Waals surface area contributed by atoms with Crippen LogP contribution in [0.5, 0.6) is 5.75 Å². The number of carbonyl (C=O) groups excluding carboxylic acids is 1. The average molecular weight is 376 g/mol. The zero-order valence-electron chi connectivity index (χ0n) is 15.9. The van der Waals surface area contributed by atoms with Crippen molar-refractivity contribution in [1.29, 1.82) is 0 Å². The van der Waals surface area contributed by atoms with E-state index in [1.807, 2.05) is 59.5 Å². The molecule has 1 aromatic heterocycles. The molecule has 6 nitrogen and oxygen atoms in total. The highest BCUT2D eigenvalue weighted by Gasteiger charge is 2.25. The molecule has 0 bridgehead atoms. The number of piperidine rings is 1. The van der Waals surface area contributed by atoms with Gasteiger partial charge in [0.1, 0.15) is 5.75 Å². The number of likely N-dealkylation sites (tertiary alicyclic amines) is 1. The van der Waals surface area contributed by atoms with Gasteiger partial charge < -0.3 is 15.0 Å². The lowest BCUT2D eigenvalue weighted by Crippen LogP contribution is -2.40. The van der Waals surface area contributed by atoms with Crippen LogP contribution in [0, 0.1) is 0 Å². The zero-order valence-corrected chi connectivity index (χ0v) is 15.9. The Hall–Kier alpha value is -3.28. The molecule has 144 valence electrons. The number of aromatic amines is 1. The molecule has 2 aromatic carbocycles. The molecule has 6 heteroatoms. The smallest absolute Gasteiger partial charge is 0.321 e. The number of H-pyrrole nitrogens is 1. The largest absolute Gasteiger partial charge is 0.497 e. The van der Waals surface area contributed by atoms with Crippen molar-refractivity contribution in [2.75, 3.05) is 25.5 Å². The summed E-state index contributed by atoms with van der Waals surface area (Å²) in [5.74, 6) is 1.20. The summed E-state index contributed by atoms with van der Waals surface area (Å²) in [6.07, 6.45) is 1.84. The van der Waals surface area contributed by atoms with Gasteiger partial charge in [0.25, 0.3) is 0 Å². The third-order valence-corrected chi connectivity index (χ3v) is 5.21. The van der Waals surface area contributed by atoms with Gasteiger partial charge in [0.2, 0.25) is 0 Å². The van der Waals surface area contributed by atoms with Crippen LogP contribution >= 0.6 is 0 Å². The first-order valence-corrected chi connectivity index (χ1v) is 9.53. The molecule has 2 N–H and O–H groups in total. The van der Waals surface area contributed by atoms with E-state index in [9.17, 15) is 4.79 Å². The Morgan fingerprint density at radius 1 is 1.11 bits per heavy atom. The fourth-order valence-electron chi connectivity index (χ4n) is 3.59. The van der Waals surface area contributed by atoms with Gasteiger partial charge in [0.15, 0.2) is 0 Å². The van der Waals surface area contributed by atoms with Gasteiger partial charge in [-0.1, -0.05) is 30.3 Å². The Bertz CT molecular complexity index is 930. The van der Waals surface area contributed by atoms with E-state index < -0.39 is 0 Å². The zero-order chi connectivity index (χ0) is 19.3. The molecule has 0 saturated carbocycles. The summed E-state index contributed by atoms with van der Waals surface area (Å²) in [5, 5.41) is 10.6. The number of methoxy groups -OCH3 is 1. The lowest BCUT2D eigenvalue weighted by atomic mass is 9.93. The Labute approximate surface area is 164 Å². The van der Waals surface area contributed by atoms with E-state index in [0.29, 0.717) is 5.92 Å². The molecular weight excluding hydrogens is 352 g/mol. The minimum absolute atomic E-state index is 0.0358. The molecule has 0 spiro atoms. The van der Waals surface area contributed by atoms with E-state index in [1.165, 1.54) is 0 Å². The highest BCUT2D eigenvalue weighted by Crippen LogP contribution is 2.30. The van der Waals surface area contributed by atoms with Gasteiger partial charge in [-0.15, -0.1) is 0 Å². The topological polar surface area (TPSA) is 70.2 Å². The molecule has 0 aliphatic carbocycles. The Kier molecular flexibility index (Phi) is 5.28. The van der Waals surface area contributed by atoms with Crippen LogP contribution in [-0.2, 0) is 0 Å². The number of nitrogens with one attached hydrogen (secondary N) is 2. The summed E-state index contributed by atoms with van der Waals surface area (Å²) in [6.45, 7) is 1.47. The van der Waals surface area contributed by atoms with Crippen molar-refractivity contribution < 1.29 is 9.53 Å². The number of para-hydroxylation sites is 1. The van der Waals surface area contributed by atoms with Crippen molar-refractivity contribution in [3.63, 3.8) is 0 Å². The number of benzene rings is 2. The maximum Gasteiger partial charge on any atom is 0.321 e. The van der Waals surface area contributed by atoms with Gasteiger partial charge in [0, 0.05) is 36.0 Å². The first kappa shape index (κ1) is 18.1. The summed E-state index contributed by atoms with van der Waals surface area (Å²) in [4.78, 5) is 14.3. The van der Waals surface area contributed by atoms with Crippen molar-refractivity contribution in [3.8, 4) is 17.0 Å². The van der Waals surface area contributed by atoms with Crippen molar-refractivity contribution in [3.05, 3.63) is 66.4 Å². The summed E-state index contributed by atoms with van der Waals surface area (Å²) in [7, 11) is 1.66. The number of aromatic nitrogens is 2. The third kappa shape index (κ3) is 4.01. The monoisotopic (exact) mass is 376 g/mol. The van der Waals surface area contributed by atoms with Crippen molar-refractivity contribution in [2.24, 2.45) is 0 Å². The maximum absolute atomic E-state index is 12.4. The number of amides is 2. The number of carbonyl (C=O) groups is 1. The van der Waals surface area contributed by atoms with Crippen LogP contribution < -0.4 is 10.1 Å². The van der Waals surface area contributed by atoms with E-state index in [4.69, 9.17) is 4.74 Å². The SMILES string of the molecule is COc1cccc(-c2cc(C3CCN(C(=O)Nc4ccccc4)CC3)[nH]n2)c1. The lowest BCUT2D eigenvalue weighted by molar-refractivity contribution is 0.194. The number of hydrogen-bond donors (Lipinski definition) is 2. The molecule has 2 heterocycles. The minimum Gasteiger partial charge on any atom is -0.497 e. The predicted octanol–water partition coefficient (Wildman–Crippen LogP) is 4.50. The second-order valence-electron chi connectivity index (χ2n) is 7.00. The van der Waals surface area contributed by atoms with Crippen LogP contribution in [0.25, 0.3) is 11.3 Å². The number of ether oxygens (including phenoxy) is 1. The summed E-state index contributed by atoms with van der Waals surface area (Å²) >= 11 is 0. The van der Waals surface area contributed by atoms with Gasteiger partial charge in [-0.2, -0.15) is 5.10 Å². The highest BCUT2D eigenvalue weighted by atomic mass is 16.5. The molecule has 1 fully saturated rings. The van der Waals surface area contributed by atoms with Crippen LogP contribution in [0.1, 0.15) is 24.5 Å². The molecule has 0 unspecified atom stereocenters. The number of anilines is 1. The normalized spacial score (nSPS) is 14.7. The summed E-state index contributed by atoms with van der Waals surface area (Å²) in [5.41, 5.74) is 3.90. The molecule has 0 atom stereocenters. The summed E-state index contributed by atoms with van der Waals surface area (Å²) < 4.78 is 5.29. The molecule has 1 aliphatic heterocycles. The highest BCUT2D eigenvalue weighted by molar-refractivity contribution is 5.89. The van der Waals surface area contributed by atoms with Gasteiger partial charge in [-0.25, -0.2) is 4.79 Å². The van der Waals surface area contributed by atoms with E-state index >= 15 is 0 Å². The van der Waals surface area contributed by atoms with Crippen molar-refractivity contribution in [2.45, 2.75) is 18.8 Å². The van der Waals surface area contributed by atoms with Crippen LogP contribution in [0.4, 0.5) is 10.5 Å². The second-order valence-corrected chi connectivity index (χ2v) is 7.00. The molecule has 4 rings (SSSR count). The van der Waals surface area contributed by atoms with Gasteiger partial charge in [0.05, 0.1) is 12.8 Å². The van der Waals surface area contributed by atoms with Crippen LogP contribution in [-0.4, -0.2) is 41.3 Å². The maximum atomic E-state index is 12.4. The minimum atomic E-state index is -0.0358. The molecule has 1 saturated heterocycles. The molecular formula is C22H24N4O2. The number of urea groups is 1. The second kappa shape index (κ2) is 8.17. The van der Waals surface area contributed by atoms with Crippen LogP contribution in [0.3, 0.4) is 0 Å². The van der Waals surface area contributed by atoms with E-state index in [0.717, 1.165) is 54.3 Å². The summed E-state index contributed by atoms with van der Waals surface area (Å²) in [6, 6.07) is 19.5. The molecule has 1 aliphatic rings. The van der Waals surface area contributed by atoms with Crippen LogP contribution in [0.15, 0.2) is 60.7 Å². The molecule has 28 heavy (non-hydrogen) atoms. The predicted molar refractivity (Wildman–Crippen MR) is 110 cm³/mol. The van der Waals surface area contributed by atoms with E-state index in [-0.39, 0.29) is 6.03 Å². The van der Waals surface area contributed by atoms with Crippen LogP contribution in [0.2, 0.25) is 0 Å². The van der Waals surface area contributed by atoms with Gasteiger partial charge >= 0.3 is 6.03 Å². The Morgan fingerprint density at radius 2 is 1.89 bits per heavy atom. The van der Waals surface area contributed by atoms with E-state index in [1.54, 1.807) is 7.11 Å². The number of hydrogen-bond acceptors (Lipinski definition) is 3. The third-order valence-electron chi connectivity index (χ3n) is 5.21. The van der Waals surface area contributed by atoms with E-state index in [2.05, 4.69) is 21.6 Å². The van der Waals surface area contributed by atoms with Crippen molar-refractivity contribution >= 4 is 11.7 Å². The lowest BCUT2D eigenvalue weighted by Gasteiger charge is -2.31. The number of rotatable bonds is 4. The molecule has 2 amide bonds.